The minimum absolute atomic E-state index is 0.0766. The molecule has 1 aliphatic heterocycles. The number of nitrogens with zero attached hydrogens (tertiary/aromatic N) is 2. The highest BCUT2D eigenvalue weighted by Gasteiger charge is 2.12. The summed E-state index contributed by atoms with van der Waals surface area (Å²) >= 11 is 0. The van der Waals surface area contributed by atoms with Gasteiger partial charge in [0, 0.05) is 23.9 Å². The molecule has 1 aliphatic rings. The van der Waals surface area contributed by atoms with E-state index in [1.807, 2.05) is 30.4 Å². The quantitative estimate of drug-likeness (QED) is 0.366. The molecule has 0 unspecified atom stereocenters. The van der Waals surface area contributed by atoms with Gasteiger partial charge in [0.15, 0.2) is 11.5 Å². The van der Waals surface area contributed by atoms with E-state index < -0.39 is 10.8 Å². The number of amides is 1. The van der Waals surface area contributed by atoms with E-state index in [9.17, 15) is 14.9 Å². The summed E-state index contributed by atoms with van der Waals surface area (Å²) < 4.78 is 10.6. The van der Waals surface area contributed by atoms with Gasteiger partial charge in [-0.1, -0.05) is 24.3 Å². The zero-order chi connectivity index (χ0) is 19.1. The fraction of sp³-hybridized carbons (Fsp3) is 0.0526. The highest BCUT2D eigenvalue weighted by molar-refractivity contribution is 5.94. The first-order valence-electron chi connectivity index (χ1n) is 7.94. The largest absolute Gasteiger partial charge is 0.454 e. The highest BCUT2D eigenvalue weighted by atomic mass is 16.7. The zero-order valence-electron chi connectivity index (χ0n) is 14.1. The van der Waals surface area contributed by atoms with Crippen molar-refractivity contribution >= 4 is 23.9 Å². The summed E-state index contributed by atoms with van der Waals surface area (Å²) in [6.07, 6.45) is 8.54. The maximum Gasteiger partial charge on any atom is 0.271 e. The van der Waals surface area contributed by atoms with Crippen LogP contribution in [-0.4, -0.2) is 23.8 Å². The van der Waals surface area contributed by atoms with Gasteiger partial charge in [-0.05, 0) is 35.9 Å². The van der Waals surface area contributed by atoms with Crippen LogP contribution in [0.5, 0.6) is 11.5 Å². The second-order valence-corrected chi connectivity index (χ2v) is 5.38. The molecule has 0 radical (unpaired) electrons. The van der Waals surface area contributed by atoms with Crippen LogP contribution in [0, 0.1) is 10.1 Å². The van der Waals surface area contributed by atoms with Crippen molar-refractivity contribution in [1.29, 1.82) is 0 Å². The topological polar surface area (TPSA) is 103 Å². The monoisotopic (exact) mass is 365 g/mol. The van der Waals surface area contributed by atoms with Crippen molar-refractivity contribution in [2.45, 2.75) is 0 Å². The first-order valence-corrected chi connectivity index (χ1v) is 7.94. The van der Waals surface area contributed by atoms with Crippen molar-refractivity contribution in [1.82, 2.24) is 5.43 Å². The number of allylic oxidation sites excluding steroid dienone is 3. The SMILES string of the molecule is O=C(N/N=C/C=C/C=C/c1ccc2c(c1)OCO2)c1ccc([N+](=O)[O-])cc1. The Bertz CT molecular complexity index is 933. The van der Waals surface area contributed by atoms with Crippen LogP contribution in [0.25, 0.3) is 6.08 Å². The number of carbonyl (C=O) groups excluding carboxylic acids is 1. The van der Waals surface area contributed by atoms with E-state index in [2.05, 4.69) is 10.5 Å². The van der Waals surface area contributed by atoms with Crippen LogP contribution >= 0.6 is 0 Å². The molecule has 0 aromatic heterocycles. The second-order valence-electron chi connectivity index (χ2n) is 5.38. The molecule has 0 aliphatic carbocycles. The van der Waals surface area contributed by atoms with Crippen LogP contribution < -0.4 is 14.9 Å². The minimum atomic E-state index is -0.526. The molecule has 2 aromatic carbocycles. The Morgan fingerprint density at radius 2 is 1.85 bits per heavy atom. The lowest BCUT2D eigenvalue weighted by Gasteiger charge is -1.98. The molecule has 8 heteroatoms. The Labute approximate surface area is 154 Å². The Morgan fingerprint density at radius 1 is 1.07 bits per heavy atom. The normalized spacial score (nSPS) is 12.9. The second kappa shape index (κ2) is 8.43. The van der Waals surface area contributed by atoms with Gasteiger partial charge in [0.1, 0.15) is 0 Å². The van der Waals surface area contributed by atoms with E-state index in [1.165, 1.54) is 30.5 Å². The van der Waals surface area contributed by atoms with Crippen LogP contribution in [0.15, 0.2) is 65.8 Å². The average molecular weight is 365 g/mol. The molecule has 27 heavy (non-hydrogen) atoms. The molecule has 136 valence electrons. The average Bonchev–Trinajstić information content (AvgIpc) is 3.15. The van der Waals surface area contributed by atoms with E-state index >= 15 is 0 Å². The Balaban J connectivity index is 1.47. The number of rotatable bonds is 6. The number of carbonyl (C=O) groups is 1. The molecule has 0 atom stereocenters. The number of nitro benzene ring substituents is 1. The molecule has 1 N–H and O–H groups in total. The van der Waals surface area contributed by atoms with Crippen LogP contribution in [0.3, 0.4) is 0 Å². The van der Waals surface area contributed by atoms with Gasteiger partial charge in [-0.3, -0.25) is 14.9 Å². The first kappa shape index (κ1) is 17.9. The molecule has 0 fully saturated rings. The lowest BCUT2D eigenvalue weighted by Crippen LogP contribution is -2.17. The van der Waals surface area contributed by atoms with E-state index in [1.54, 1.807) is 12.2 Å². The first-order chi connectivity index (χ1) is 13.1. The number of fused-ring (bicyclic) bond motifs is 1. The fourth-order valence-corrected chi connectivity index (χ4v) is 2.24. The summed E-state index contributed by atoms with van der Waals surface area (Å²) in [5.74, 6) is 1.00. The van der Waals surface area contributed by atoms with Gasteiger partial charge in [0.2, 0.25) is 6.79 Å². The lowest BCUT2D eigenvalue weighted by atomic mass is 10.2. The van der Waals surface area contributed by atoms with E-state index in [0.717, 1.165) is 17.1 Å². The zero-order valence-corrected chi connectivity index (χ0v) is 14.1. The van der Waals surface area contributed by atoms with Gasteiger partial charge < -0.3 is 9.47 Å². The number of non-ortho nitro benzene ring substituents is 1. The van der Waals surface area contributed by atoms with Crippen LogP contribution in [0.2, 0.25) is 0 Å². The van der Waals surface area contributed by atoms with Crippen LogP contribution in [0.4, 0.5) is 5.69 Å². The molecular formula is C19H15N3O5. The summed E-state index contributed by atoms with van der Waals surface area (Å²) in [6, 6.07) is 10.9. The van der Waals surface area contributed by atoms with Gasteiger partial charge in [0.05, 0.1) is 4.92 Å². The van der Waals surface area contributed by atoms with Crippen molar-refractivity contribution in [3.8, 4) is 11.5 Å². The molecule has 0 spiro atoms. The fourth-order valence-electron chi connectivity index (χ4n) is 2.24. The van der Waals surface area contributed by atoms with Crippen molar-refractivity contribution in [2.24, 2.45) is 5.10 Å². The molecule has 0 saturated carbocycles. The summed E-state index contributed by atoms with van der Waals surface area (Å²) in [5, 5.41) is 14.4. The van der Waals surface area contributed by atoms with Crippen LogP contribution in [-0.2, 0) is 0 Å². The number of hydrogen-bond acceptors (Lipinski definition) is 6. The highest BCUT2D eigenvalue weighted by Crippen LogP contribution is 2.32. The molecule has 0 saturated heterocycles. The van der Waals surface area contributed by atoms with Gasteiger partial charge in [-0.2, -0.15) is 5.10 Å². The summed E-state index contributed by atoms with van der Waals surface area (Å²) in [5.41, 5.74) is 3.51. The minimum Gasteiger partial charge on any atom is -0.454 e. The van der Waals surface area contributed by atoms with Crippen molar-refractivity contribution in [2.75, 3.05) is 6.79 Å². The van der Waals surface area contributed by atoms with Crippen LogP contribution in [0.1, 0.15) is 15.9 Å². The molecule has 1 amide bonds. The molecule has 8 nitrogen and oxygen atoms in total. The predicted molar refractivity (Wildman–Crippen MR) is 99.8 cm³/mol. The number of ether oxygens (including phenoxy) is 2. The summed E-state index contributed by atoms with van der Waals surface area (Å²) in [7, 11) is 0. The van der Waals surface area contributed by atoms with E-state index in [-0.39, 0.29) is 18.0 Å². The number of benzene rings is 2. The Hall–Kier alpha value is -3.94. The van der Waals surface area contributed by atoms with Crippen molar-refractivity contribution < 1.29 is 19.2 Å². The molecule has 2 aromatic rings. The number of hydrogen-bond donors (Lipinski definition) is 1. The number of hydrazone groups is 1. The number of nitro groups is 1. The molecular weight excluding hydrogens is 350 g/mol. The van der Waals surface area contributed by atoms with E-state index in [4.69, 9.17) is 9.47 Å². The lowest BCUT2D eigenvalue weighted by molar-refractivity contribution is -0.384. The third-order valence-corrected chi connectivity index (χ3v) is 3.57. The summed E-state index contributed by atoms with van der Waals surface area (Å²) in [6.45, 7) is 0.241. The van der Waals surface area contributed by atoms with E-state index in [0.29, 0.717) is 0 Å². The Kier molecular flexibility index (Phi) is 5.58. The molecule has 3 rings (SSSR count). The Morgan fingerprint density at radius 3 is 2.63 bits per heavy atom. The van der Waals surface area contributed by atoms with Gasteiger partial charge in [-0.25, -0.2) is 5.43 Å². The third-order valence-electron chi connectivity index (χ3n) is 3.57. The van der Waals surface area contributed by atoms with Gasteiger partial charge in [-0.15, -0.1) is 0 Å². The standard InChI is InChI=1S/C19H15N3O5/c23-19(15-6-8-16(9-7-15)22(24)25)21-20-11-3-1-2-4-14-5-10-17-18(12-14)27-13-26-17/h1-12H,13H2,(H,21,23)/b3-1+,4-2+,20-11+. The van der Waals surface area contributed by atoms with Crippen molar-refractivity contribution in [3.05, 3.63) is 81.9 Å². The van der Waals surface area contributed by atoms with Gasteiger partial charge >= 0.3 is 0 Å². The summed E-state index contributed by atoms with van der Waals surface area (Å²) in [4.78, 5) is 21.9. The smallest absolute Gasteiger partial charge is 0.271 e. The predicted octanol–water partition coefficient (Wildman–Crippen LogP) is 3.31. The van der Waals surface area contributed by atoms with Gasteiger partial charge in [0.25, 0.3) is 11.6 Å². The maximum atomic E-state index is 11.8. The molecule has 0 bridgehead atoms. The third kappa shape index (κ3) is 4.79. The molecule has 1 heterocycles. The maximum absolute atomic E-state index is 11.8. The van der Waals surface area contributed by atoms with Crippen molar-refractivity contribution in [3.63, 3.8) is 0 Å². The number of nitrogens with one attached hydrogen (secondary N) is 1.